The van der Waals surface area contributed by atoms with Crippen LogP contribution in [0.5, 0.6) is 0 Å². The maximum atomic E-state index is 12.5. The molecule has 0 aliphatic carbocycles. The molecule has 3 rings (SSSR count). The Kier molecular flexibility index (Phi) is 6.62. The van der Waals surface area contributed by atoms with E-state index in [1.807, 2.05) is 6.92 Å². The van der Waals surface area contributed by atoms with Crippen LogP contribution >= 0.6 is 23.7 Å². The van der Waals surface area contributed by atoms with Crippen molar-refractivity contribution in [3.63, 3.8) is 0 Å². The Balaban J connectivity index is 0.00000176. The van der Waals surface area contributed by atoms with Crippen LogP contribution in [-0.2, 0) is 11.3 Å². The number of aryl methyl sites for hydroxylation is 1. The van der Waals surface area contributed by atoms with Gasteiger partial charge in [-0.2, -0.15) is 0 Å². The van der Waals surface area contributed by atoms with Crippen LogP contribution in [0, 0.1) is 6.92 Å². The summed E-state index contributed by atoms with van der Waals surface area (Å²) in [6, 6.07) is 0.0674. The van der Waals surface area contributed by atoms with Gasteiger partial charge in [0.25, 0.3) is 0 Å². The third-order valence-electron chi connectivity index (χ3n) is 4.31. The third kappa shape index (κ3) is 4.41. The fraction of sp³-hybridized carbons (Fsp3) is 0.733. The van der Waals surface area contributed by atoms with Crippen LogP contribution in [-0.4, -0.2) is 59.5 Å². The highest BCUT2D eigenvalue weighted by Gasteiger charge is 2.28. The maximum absolute atomic E-state index is 12.5. The molecule has 0 radical (unpaired) electrons. The largest absolute Gasteiger partial charge is 0.340 e. The lowest BCUT2D eigenvalue weighted by Crippen LogP contribution is -2.45. The molecule has 124 valence electrons. The van der Waals surface area contributed by atoms with E-state index in [2.05, 4.69) is 25.5 Å². The minimum atomic E-state index is 0. The Hall–Kier alpha value is -0.690. The predicted molar refractivity (Wildman–Crippen MR) is 91.6 cm³/mol. The van der Waals surface area contributed by atoms with E-state index >= 15 is 0 Å². The zero-order chi connectivity index (χ0) is 14.7. The molecular formula is C15H25ClN4OS. The third-order valence-corrected chi connectivity index (χ3v) is 5.13. The molecule has 2 saturated heterocycles. The summed E-state index contributed by atoms with van der Waals surface area (Å²) in [7, 11) is 0. The summed E-state index contributed by atoms with van der Waals surface area (Å²) in [5.41, 5.74) is 1.16. The second kappa shape index (κ2) is 8.24. The van der Waals surface area contributed by atoms with E-state index in [0.717, 1.165) is 69.2 Å². The molecule has 2 aliphatic rings. The summed E-state index contributed by atoms with van der Waals surface area (Å²) in [5, 5.41) is 6.59. The van der Waals surface area contributed by atoms with Crippen molar-refractivity contribution < 1.29 is 4.79 Å². The minimum Gasteiger partial charge on any atom is -0.340 e. The predicted octanol–water partition coefficient (Wildman–Crippen LogP) is 1.66. The summed E-state index contributed by atoms with van der Waals surface area (Å²) in [4.78, 5) is 21.5. The second-order valence-electron chi connectivity index (χ2n) is 5.96. The number of carbonyl (C=O) groups is 1. The van der Waals surface area contributed by atoms with Crippen LogP contribution in [0.3, 0.4) is 0 Å². The lowest BCUT2D eigenvalue weighted by molar-refractivity contribution is -0.132. The normalized spacial score (nSPS) is 23.1. The molecule has 1 atom stereocenters. The van der Waals surface area contributed by atoms with Gasteiger partial charge >= 0.3 is 0 Å². The molecule has 22 heavy (non-hydrogen) atoms. The number of rotatable bonds is 3. The molecule has 0 spiro atoms. The van der Waals surface area contributed by atoms with Crippen molar-refractivity contribution in [2.24, 2.45) is 0 Å². The monoisotopic (exact) mass is 344 g/mol. The number of carbonyl (C=O) groups excluding carboxylic acids is 1. The van der Waals surface area contributed by atoms with Gasteiger partial charge in [0.05, 0.1) is 16.7 Å². The van der Waals surface area contributed by atoms with Crippen LogP contribution < -0.4 is 5.32 Å². The Morgan fingerprint density at radius 1 is 1.36 bits per heavy atom. The van der Waals surface area contributed by atoms with Gasteiger partial charge in [-0.3, -0.25) is 9.69 Å². The van der Waals surface area contributed by atoms with Gasteiger partial charge < -0.3 is 10.2 Å². The summed E-state index contributed by atoms with van der Waals surface area (Å²) < 4.78 is 0. The number of halogens is 1. The van der Waals surface area contributed by atoms with E-state index in [9.17, 15) is 4.79 Å². The first-order valence-corrected chi connectivity index (χ1v) is 8.76. The van der Waals surface area contributed by atoms with Crippen molar-refractivity contribution in [1.29, 1.82) is 0 Å². The zero-order valence-corrected chi connectivity index (χ0v) is 14.7. The summed E-state index contributed by atoms with van der Waals surface area (Å²) in [5.74, 6) is 0.304. The molecule has 7 heteroatoms. The number of thiazole rings is 1. The number of aromatic nitrogens is 1. The fourth-order valence-corrected chi connectivity index (χ4v) is 3.78. The van der Waals surface area contributed by atoms with Crippen LogP contribution in [0.4, 0.5) is 0 Å². The van der Waals surface area contributed by atoms with E-state index in [-0.39, 0.29) is 18.4 Å². The van der Waals surface area contributed by atoms with Crippen LogP contribution in [0.2, 0.25) is 0 Å². The molecule has 0 bridgehead atoms. The summed E-state index contributed by atoms with van der Waals surface area (Å²) in [6.45, 7) is 7.69. The van der Waals surface area contributed by atoms with Crippen molar-refractivity contribution in [1.82, 2.24) is 20.1 Å². The Morgan fingerprint density at radius 2 is 2.23 bits per heavy atom. The van der Waals surface area contributed by atoms with Gasteiger partial charge in [0.15, 0.2) is 0 Å². The second-order valence-corrected chi connectivity index (χ2v) is 7.02. The summed E-state index contributed by atoms with van der Waals surface area (Å²) in [6.07, 6.45) is 3.18. The van der Waals surface area contributed by atoms with E-state index < -0.39 is 0 Å². The number of nitrogens with zero attached hydrogens (tertiary/aromatic N) is 3. The molecule has 2 fully saturated rings. The zero-order valence-electron chi connectivity index (χ0n) is 13.1. The molecule has 1 amide bonds. The van der Waals surface area contributed by atoms with Gasteiger partial charge in [-0.05, 0) is 32.7 Å². The fourth-order valence-electron chi connectivity index (χ4n) is 3.18. The maximum Gasteiger partial charge on any atom is 0.239 e. The smallest absolute Gasteiger partial charge is 0.239 e. The Labute approximate surface area is 142 Å². The number of hydrogen-bond donors (Lipinski definition) is 1. The molecular weight excluding hydrogens is 320 g/mol. The first-order valence-electron chi connectivity index (χ1n) is 7.88. The number of nitrogens with one attached hydrogen (secondary N) is 1. The lowest BCUT2D eigenvalue weighted by Gasteiger charge is -2.24. The van der Waals surface area contributed by atoms with Crippen LogP contribution in [0.15, 0.2) is 5.38 Å². The van der Waals surface area contributed by atoms with Gasteiger partial charge in [-0.15, -0.1) is 23.7 Å². The highest BCUT2D eigenvalue weighted by Crippen LogP contribution is 2.14. The minimum absolute atomic E-state index is 0. The summed E-state index contributed by atoms with van der Waals surface area (Å²) >= 11 is 1.71. The van der Waals surface area contributed by atoms with Crippen molar-refractivity contribution in [3.05, 3.63) is 16.1 Å². The molecule has 0 saturated carbocycles. The van der Waals surface area contributed by atoms with E-state index in [1.54, 1.807) is 11.3 Å². The number of amides is 1. The van der Waals surface area contributed by atoms with Crippen molar-refractivity contribution in [2.75, 3.05) is 32.7 Å². The van der Waals surface area contributed by atoms with Gasteiger partial charge in [-0.1, -0.05) is 0 Å². The molecule has 1 unspecified atom stereocenters. The molecule has 3 heterocycles. The molecule has 1 aromatic heterocycles. The Morgan fingerprint density at radius 3 is 2.91 bits per heavy atom. The van der Waals surface area contributed by atoms with Crippen molar-refractivity contribution in [3.8, 4) is 0 Å². The van der Waals surface area contributed by atoms with E-state index in [1.165, 1.54) is 0 Å². The van der Waals surface area contributed by atoms with Gasteiger partial charge in [0.2, 0.25) is 5.91 Å². The molecule has 5 nitrogen and oxygen atoms in total. The van der Waals surface area contributed by atoms with Gasteiger partial charge in [0.1, 0.15) is 0 Å². The van der Waals surface area contributed by atoms with Crippen molar-refractivity contribution in [2.45, 2.75) is 38.8 Å². The van der Waals surface area contributed by atoms with Crippen LogP contribution in [0.25, 0.3) is 0 Å². The average molecular weight is 345 g/mol. The molecule has 1 aromatic rings. The quantitative estimate of drug-likeness (QED) is 0.906. The van der Waals surface area contributed by atoms with E-state index in [4.69, 9.17) is 0 Å². The molecule has 0 aromatic carbocycles. The van der Waals surface area contributed by atoms with Crippen LogP contribution in [0.1, 0.15) is 30.0 Å². The average Bonchev–Trinajstić information content (AvgIpc) is 3.08. The van der Waals surface area contributed by atoms with Crippen molar-refractivity contribution >= 4 is 29.7 Å². The van der Waals surface area contributed by atoms with E-state index in [0.29, 0.717) is 5.91 Å². The first kappa shape index (κ1) is 17.7. The lowest BCUT2D eigenvalue weighted by atomic mass is 10.2. The topological polar surface area (TPSA) is 48.5 Å². The highest BCUT2D eigenvalue weighted by molar-refractivity contribution is 7.09. The molecule has 1 N–H and O–H groups in total. The Bertz CT molecular complexity index is 490. The SMILES string of the molecule is Cc1nc(CN2CCCN(C(=O)C3CCCN3)CC2)cs1.Cl. The molecule has 2 aliphatic heterocycles. The first-order chi connectivity index (χ1) is 10.2. The number of hydrogen-bond acceptors (Lipinski definition) is 5. The van der Waals surface area contributed by atoms with Gasteiger partial charge in [0, 0.05) is 38.1 Å². The highest BCUT2D eigenvalue weighted by atomic mass is 35.5. The standard InChI is InChI=1S/C15H24N4OS.ClH/c1-12-17-13(11-21-12)10-18-6-3-7-19(9-8-18)15(20)14-4-2-5-16-14;/h11,14,16H,2-10H2,1H3;1H. The van der Waals surface area contributed by atoms with Gasteiger partial charge in [-0.25, -0.2) is 4.98 Å².